The van der Waals surface area contributed by atoms with Crippen molar-refractivity contribution in [2.75, 3.05) is 0 Å². The minimum absolute atomic E-state index is 0.218. The molecule has 0 aliphatic carbocycles. The molecule has 1 aliphatic rings. The van der Waals surface area contributed by atoms with Crippen LogP contribution in [-0.2, 0) is 0 Å². The SMILES string of the molecule is O=C1c2cc(Br)ccc2/C(=C/c2ccccc2)N1Oc1ccccn1. The fourth-order valence-electron chi connectivity index (χ4n) is 2.67. The Morgan fingerprint density at radius 3 is 2.52 bits per heavy atom. The van der Waals surface area contributed by atoms with E-state index in [1.165, 1.54) is 5.06 Å². The van der Waals surface area contributed by atoms with E-state index in [1.807, 2.05) is 54.6 Å². The Kier molecular flexibility index (Phi) is 4.07. The summed E-state index contributed by atoms with van der Waals surface area (Å²) >= 11 is 3.42. The molecule has 0 N–H and O–H groups in total. The lowest BCUT2D eigenvalue weighted by molar-refractivity contribution is 0.0107. The first-order chi connectivity index (χ1) is 12.2. The van der Waals surface area contributed by atoms with Crippen molar-refractivity contribution in [3.8, 4) is 5.88 Å². The van der Waals surface area contributed by atoms with Crippen molar-refractivity contribution in [2.24, 2.45) is 0 Å². The van der Waals surface area contributed by atoms with Gasteiger partial charge in [0.15, 0.2) is 0 Å². The Morgan fingerprint density at radius 1 is 0.960 bits per heavy atom. The lowest BCUT2D eigenvalue weighted by Crippen LogP contribution is -2.27. The van der Waals surface area contributed by atoms with Gasteiger partial charge in [0.05, 0.1) is 11.3 Å². The van der Waals surface area contributed by atoms with Crippen LogP contribution in [0.5, 0.6) is 5.88 Å². The van der Waals surface area contributed by atoms with Gasteiger partial charge in [0.2, 0.25) is 5.88 Å². The number of carbonyl (C=O) groups is 1. The molecule has 0 saturated carbocycles. The van der Waals surface area contributed by atoms with Gasteiger partial charge in [0.25, 0.3) is 5.91 Å². The molecule has 0 unspecified atom stereocenters. The van der Waals surface area contributed by atoms with Crippen LogP contribution in [0.1, 0.15) is 21.5 Å². The van der Waals surface area contributed by atoms with Gasteiger partial charge >= 0.3 is 0 Å². The number of hydrogen-bond donors (Lipinski definition) is 0. The molecule has 2 aromatic carbocycles. The van der Waals surface area contributed by atoms with Crippen LogP contribution in [0.3, 0.4) is 0 Å². The van der Waals surface area contributed by atoms with Crippen LogP contribution in [0.15, 0.2) is 77.4 Å². The van der Waals surface area contributed by atoms with Crippen molar-refractivity contribution in [2.45, 2.75) is 0 Å². The predicted molar refractivity (Wildman–Crippen MR) is 99.5 cm³/mol. The summed E-state index contributed by atoms with van der Waals surface area (Å²) in [6.07, 6.45) is 3.56. The van der Waals surface area contributed by atoms with Crippen molar-refractivity contribution in [1.82, 2.24) is 10.0 Å². The fraction of sp³-hybridized carbons (Fsp3) is 0. The van der Waals surface area contributed by atoms with Crippen molar-refractivity contribution >= 4 is 33.6 Å². The standard InChI is InChI=1S/C20H13BrN2O2/c21-15-9-10-16-17(13-15)20(24)23(25-19-8-4-5-11-22-19)18(16)12-14-6-2-1-3-7-14/h1-13H/b18-12-. The van der Waals surface area contributed by atoms with E-state index in [0.29, 0.717) is 17.1 Å². The maximum atomic E-state index is 12.9. The largest absolute Gasteiger partial charge is 0.351 e. The number of pyridine rings is 1. The number of amides is 1. The molecule has 0 fully saturated rings. The molecule has 4 rings (SSSR count). The first-order valence-electron chi connectivity index (χ1n) is 7.72. The van der Waals surface area contributed by atoms with Crippen molar-refractivity contribution < 1.29 is 9.63 Å². The first-order valence-corrected chi connectivity index (χ1v) is 8.52. The van der Waals surface area contributed by atoms with Crippen LogP contribution in [-0.4, -0.2) is 16.0 Å². The fourth-order valence-corrected chi connectivity index (χ4v) is 3.03. The van der Waals surface area contributed by atoms with Crippen LogP contribution >= 0.6 is 15.9 Å². The molecule has 0 bridgehead atoms. The second-order valence-electron chi connectivity index (χ2n) is 5.49. The number of benzene rings is 2. The van der Waals surface area contributed by atoms with Crippen molar-refractivity contribution in [3.05, 3.63) is 94.1 Å². The summed E-state index contributed by atoms with van der Waals surface area (Å²) in [5, 5.41) is 1.30. The topological polar surface area (TPSA) is 42.4 Å². The third-order valence-corrected chi connectivity index (χ3v) is 4.31. The first kappa shape index (κ1) is 15.6. The molecule has 0 radical (unpaired) electrons. The van der Waals surface area contributed by atoms with Crippen LogP contribution in [0.25, 0.3) is 11.8 Å². The quantitative estimate of drug-likeness (QED) is 0.643. The highest BCUT2D eigenvalue weighted by atomic mass is 79.9. The van der Waals surface area contributed by atoms with E-state index in [9.17, 15) is 4.79 Å². The molecule has 1 aliphatic heterocycles. The summed E-state index contributed by atoms with van der Waals surface area (Å²) in [7, 11) is 0. The van der Waals surface area contributed by atoms with E-state index >= 15 is 0 Å². The smallest absolute Gasteiger partial charge is 0.292 e. The van der Waals surface area contributed by atoms with Gasteiger partial charge < -0.3 is 4.84 Å². The Balaban J connectivity index is 1.81. The number of hydrogen-bond acceptors (Lipinski definition) is 3. The number of fused-ring (bicyclic) bond motifs is 1. The van der Waals surface area contributed by atoms with Gasteiger partial charge in [-0.25, -0.2) is 4.98 Å². The van der Waals surface area contributed by atoms with Crippen LogP contribution < -0.4 is 4.84 Å². The molecule has 1 aromatic heterocycles. The lowest BCUT2D eigenvalue weighted by Gasteiger charge is -2.17. The average molecular weight is 393 g/mol. The number of aromatic nitrogens is 1. The molecule has 0 saturated heterocycles. The average Bonchev–Trinajstić information content (AvgIpc) is 2.89. The zero-order valence-electron chi connectivity index (χ0n) is 13.1. The minimum atomic E-state index is -0.218. The molecule has 0 atom stereocenters. The van der Waals surface area contributed by atoms with E-state index in [4.69, 9.17) is 4.84 Å². The molecule has 25 heavy (non-hydrogen) atoms. The lowest BCUT2D eigenvalue weighted by atomic mass is 10.1. The molecule has 4 nitrogen and oxygen atoms in total. The molecule has 1 amide bonds. The summed E-state index contributed by atoms with van der Waals surface area (Å²) in [6, 6.07) is 20.8. The van der Waals surface area contributed by atoms with Gasteiger partial charge in [0.1, 0.15) is 0 Å². The van der Waals surface area contributed by atoms with Gasteiger partial charge in [-0.3, -0.25) is 4.79 Å². The maximum absolute atomic E-state index is 12.9. The Morgan fingerprint density at radius 2 is 1.76 bits per heavy atom. The van der Waals surface area contributed by atoms with Gasteiger partial charge in [0, 0.05) is 22.3 Å². The molecule has 122 valence electrons. The van der Waals surface area contributed by atoms with Gasteiger partial charge in [-0.1, -0.05) is 58.4 Å². The van der Waals surface area contributed by atoms with Crippen LogP contribution in [0.4, 0.5) is 0 Å². The van der Waals surface area contributed by atoms with E-state index in [2.05, 4.69) is 20.9 Å². The van der Waals surface area contributed by atoms with E-state index in [0.717, 1.165) is 15.6 Å². The molecular formula is C20H13BrN2O2. The molecule has 5 heteroatoms. The number of halogens is 1. The Bertz CT molecular complexity index is 956. The number of nitrogens with zero attached hydrogens (tertiary/aromatic N) is 2. The molecule has 3 aromatic rings. The second-order valence-corrected chi connectivity index (χ2v) is 6.40. The third-order valence-electron chi connectivity index (χ3n) is 3.82. The van der Waals surface area contributed by atoms with Gasteiger partial charge in [-0.2, -0.15) is 0 Å². The number of rotatable bonds is 3. The number of hydroxylamine groups is 2. The van der Waals surface area contributed by atoms with E-state index < -0.39 is 0 Å². The maximum Gasteiger partial charge on any atom is 0.292 e. The zero-order valence-corrected chi connectivity index (χ0v) is 14.7. The highest BCUT2D eigenvalue weighted by molar-refractivity contribution is 9.10. The monoisotopic (exact) mass is 392 g/mol. The Labute approximate surface area is 153 Å². The summed E-state index contributed by atoms with van der Waals surface area (Å²) in [4.78, 5) is 22.8. The molecule has 0 spiro atoms. The minimum Gasteiger partial charge on any atom is -0.351 e. The summed E-state index contributed by atoms with van der Waals surface area (Å²) in [5.74, 6) is 0.144. The highest BCUT2D eigenvalue weighted by Crippen LogP contribution is 2.36. The summed E-state index contributed by atoms with van der Waals surface area (Å²) in [5.41, 5.74) is 3.08. The number of carbonyl (C=O) groups excluding carboxylic acids is 1. The van der Waals surface area contributed by atoms with Crippen LogP contribution in [0, 0.1) is 0 Å². The highest BCUT2D eigenvalue weighted by Gasteiger charge is 2.34. The molecular weight excluding hydrogens is 380 g/mol. The van der Waals surface area contributed by atoms with E-state index in [1.54, 1.807) is 24.4 Å². The van der Waals surface area contributed by atoms with Crippen molar-refractivity contribution in [1.29, 1.82) is 0 Å². The van der Waals surface area contributed by atoms with E-state index in [-0.39, 0.29) is 5.91 Å². The third kappa shape index (κ3) is 3.06. The zero-order chi connectivity index (χ0) is 17.2. The van der Waals surface area contributed by atoms with Crippen LogP contribution in [0.2, 0.25) is 0 Å². The van der Waals surface area contributed by atoms with Gasteiger partial charge in [-0.05, 0) is 29.8 Å². The second kappa shape index (κ2) is 6.53. The van der Waals surface area contributed by atoms with Gasteiger partial charge in [-0.15, -0.1) is 5.06 Å². The Hall–Kier alpha value is -2.92. The summed E-state index contributed by atoms with van der Waals surface area (Å²) in [6.45, 7) is 0. The normalized spacial score (nSPS) is 14.7. The van der Waals surface area contributed by atoms with Crippen molar-refractivity contribution in [3.63, 3.8) is 0 Å². The molecule has 2 heterocycles. The predicted octanol–water partition coefficient (Wildman–Crippen LogP) is 4.79. The summed E-state index contributed by atoms with van der Waals surface area (Å²) < 4.78 is 0.846.